The smallest absolute Gasteiger partial charge is 0.0899 e. The summed E-state index contributed by atoms with van der Waals surface area (Å²) in [6.45, 7) is 1.53. The molecule has 0 aromatic heterocycles. The summed E-state index contributed by atoms with van der Waals surface area (Å²) in [5, 5.41) is 0. The van der Waals surface area contributed by atoms with E-state index >= 15 is 0 Å². The highest BCUT2D eigenvalue weighted by molar-refractivity contribution is 4.96. The third kappa shape index (κ3) is 5.57. The Morgan fingerprint density at radius 2 is 2.30 bits per heavy atom. The van der Waals surface area contributed by atoms with Gasteiger partial charge in [-0.1, -0.05) is 5.92 Å². The maximum absolute atomic E-state index is 5.35. The maximum atomic E-state index is 5.35. The summed E-state index contributed by atoms with van der Waals surface area (Å²) in [5.74, 6) is 2.35. The Hall–Kier alpha value is -0.560. The van der Waals surface area contributed by atoms with Crippen LogP contribution in [0.5, 0.6) is 0 Å². The molecule has 3 nitrogen and oxygen atoms in total. The molecule has 0 aromatic rings. The lowest BCUT2D eigenvalue weighted by Gasteiger charge is -2.04. The highest BCUT2D eigenvalue weighted by atomic mass is 16.5. The van der Waals surface area contributed by atoms with Crippen molar-refractivity contribution in [1.29, 1.82) is 0 Å². The predicted octanol–water partition coefficient (Wildman–Crippen LogP) is -0.390. The van der Waals surface area contributed by atoms with E-state index in [0.29, 0.717) is 19.8 Å². The van der Waals surface area contributed by atoms with E-state index in [4.69, 9.17) is 21.6 Å². The summed E-state index contributed by atoms with van der Waals surface area (Å²) in [7, 11) is 1.62. The van der Waals surface area contributed by atoms with E-state index < -0.39 is 0 Å². The minimum absolute atomic E-state index is 0.295. The molecule has 0 spiro atoms. The SMILES string of the molecule is C#CC(N)COCCOC. The molecular weight excluding hydrogens is 130 g/mol. The number of ether oxygens (including phenoxy) is 2. The summed E-state index contributed by atoms with van der Waals surface area (Å²) < 4.78 is 9.77. The lowest BCUT2D eigenvalue weighted by molar-refractivity contribution is 0.0692. The van der Waals surface area contributed by atoms with E-state index in [1.807, 2.05) is 0 Å². The molecule has 0 bridgehead atoms. The molecule has 1 unspecified atom stereocenters. The van der Waals surface area contributed by atoms with Gasteiger partial charge >= 0.3 is 0 Å². The van der Waals surface area contributed by atoms with E-state index in [9.17, 15) is 0 Å². The van der Waals surface area contributed by atoms with Gasteiger partial charge in [-0.25, -0.2) is 0 Å². The molecule has 0 aliphatic carbocycles. The van der Waals surface area contributed by atoms with Crippen LogP contribution in [0.2, 0.25) is 0 Å². The third-order valence-corrected chi connectivity index (χ3v) is 0.943. The number of rotatable bonds is 5. The van der Waals surface area contributed by atoms with Gasteiger partial charge in [0.25, 0.3) is 0 Å². The van der Waals surface area contributed by atoms with Crippen LogP contribution >= 0.6 is 0 Å². The van der Waals surface area contributed by atoms with E-state index in [1.165, 1.54) is 0 Å². The normalized spacial score (nSPS) is 12.5. The van der Waals surface area contributed by atoms with Gasteiger partial charge in [0.2, 0.25) is 0 Å². The maximum Gasteiger partial charge on any atom is 0.0899 e. The van der Waals surface area contributed by atoms with Crippen LogP contribution in [-0.2, 0) is 9.47 Å². The Morgan fingerprint density at radius 1 is 1.60 bits per heavy atom. The molecule has 10 heavy (non-hydrogen) atoms. The zero-order chi connectivity index (χ0) is 7.82. The molecule has 58 valence electrons. The number of hydrogen-bond donors (Lipinski definition) is 1. The van der Waals surface area contributed by atoms with Crippen molar-refractivity contribution in [3.8, 4) is 12.3 Å². The van der Waals surface area contributed by atoms with Crippen molar-refractivity contribution >= 4 is 0 Å². The van der Waals surface area contributed by atoms with Gasteiger partial charge < -0.3 is 15.2 Å². The van der Waals surface area contributed by atoms with Gasteiger partial charge in [-0.3, -0.25) is 0 Å². The summed E-state index contributed by atoms with van der Waals surface area (Å²) in [6, 6.07) is -0.295. The van der Waals surface area contributed by atoms with Crippen LogP contribution in [0.1, 0.15) is 0 Å². The van der Waals surface area contributed by atoms with Crippen molar-refractivity contribution in [2.24, 2.45) is 5.73 Å². The van der Waals surface area contributed by atoms with Gasteiger partial charge in [0.1, 0.15) is 0 Å². The van der Waals surface area contributed by atoms with Crippen molar-refractivity contribution in [3.05, 3.63) is 0 Å². The Labute approximate surface area is 61.5 Å². The summed E-state index contributed by atoms with van der Waals surface area (Å²) in [4.78, 5) is 0. The van der Waals surface area contributed by atoms with Crippen LogP contribution in [0.4, 0.5) is 0 Å². The van der Waals surface area contributed by atoms with Crippen molar-refractivity contribution in [2.45, 2.75) is 6.04 Å². The Kier molecular flexibility index (Phi) is 6.19. The molecule has 0 aliphatic heterocycles. The first-order chi connectivity index (χ1) is 4.81. The second-order valence-electron chi connectivity index (χ2n) is 1.84. The van der Waals surface area contributed by atoms with Crippen LogP contribution in [0.15, 0.2) is 0 Å². The minimum Gasteiger partial charge on any atom is -0.382 e. The van der Waals surface area contributed by atoms with Crippen LogP contribution < -0.4 is 5.73 Å². The molecule has 2 N–H and O–H groups in total. The monoisotopic (exact) mass is 143 g/mol. The first-order valence-corrected chi connectivity index (χ1v) is 3.09. The average molecular weight is 143 g/mol. The second kappa shape index (κ2) is 6.56. The van der Waals surface area contributed by atoms with Crippen molar-refractivity contribution in [2.75, 3.05) is 26.9 Å². The fourth-order valence-corrected chi connectivity index (χ4v) is 0.401. The van der Waals surface area contributed by atoms with Gasteiger partial charge in [0.05, 0.1) is 25.9 Å². The molecule has 0 saturated carbocycles. The Morgan fingerprint density at radius 3 is 2.80 bits per heavy atom. The zero-order valence-corrected chi connectivity index (χ0v) is 6.17. The van der Waals surface area contributed by atoms with Crippen LogP contribution in [0.3, 0.4) is 0 Å². The van der Waals surface area contributed by atoms with Crippen LogP contribution in [0.25, 0.3) is 0 Å². The number of terminal acetylenes is 1. The minimum atomic E-state index is -0.295. The molecular formula is C7H13NO2. The van der Waals surface area contributed by atoms with Gasteiger partial charge in [-0.15, -0.1) is 6.42 Å². The van der Waals surface area contributed by atoms with Crippen molar-refractivity contribution in [3.63, 3.8) is 0 Å². The predicted molar refractivity (Wildman–Crippen MR) is 39.5 cm³/mol. The fraction of sp³-hybridized carbons (Fsp3) is 0.714. The van der Waals surface area contributed by atoms with E-state index in [1.54, 1.807) is 7.11 Å². The first kappa shape index (κ1) is 9.44. The standard InChI is InChI=1S/C7H13NO2/c1-3-7(8)6-10-5-4-9-2/h1,7H,4-6,8H2,2H3. The lowest BCUT2D eigenvalue weighted by Crippen LogP contribution is -2.24. The molecule has 3 heteroatoms. The summed E-state index contributed by atoms with van der Waals surface area (Å²) in [5.41, 5.74) is 5.35. The molecule has 0 aliphatic rings. The van der Waals surface area contributed by atoms with E-state index in [-0.39, 0.29) is 6.04 Å². The zero-order valence-electron chi connectivity index (χ0n) is 6.17. The number of nitrogens with two attached hydrogens (primary N) is 1. The molecule has 0 fully saturated rings. The van der Waals surface area contributed by atoms with E-state index in [0.717, 1.165) is 0 Å². The quantitative estimate of drug-likeness (QED) is 0.421. The fourth-order valence-electron chi connectivity index (χ4n) is 0.401. The molecule has 0 saturated heterocycles. The highest BCUT2D eigenvalue weighted by Gasteiger charge is 1.94. The Balaban J connectivity index is 2.98. The molecule has 0 rings (SSSR count). The largest absolute Gasteiger partial charge is 0.382 e. The van der Waals surface area contributed by atoms with Crippen LogP contribution in [0, 0.1) is 12.3 Å². The second-order valence-corrected chi connectivity index (χ2v) is 1.84. The van der Waals surface area contributed by atoms with Gasteiger partial charge in [0, 0.05) is 7.11 Å². The average Bonchev–Trinajstić information content (AvgIpc) is 1.98. The first-order valence-electron chi connectivity index (χ1n) is 3.09. The Bertz CT molecular complexity index is 109. The topological polar surface area (TPSA) is 44.5 Å². The summed E-state index contributed by atoms with van der Waals surface area (Å²) >= 11 is 0. The number of hydrogen-bond acceptors (Lipinski definition) is 3. The van der Waals surface area contributed by atoms with Crippen LogP contribution in [-0.4, -0.2) is 33.0 Å². The summed E-state index contributed by atoms with van der Waals surface area (Å²) in [6.07, 6.45) is 5.00. The van der Waals surface area contributed by atoms with E-state index in [2.05, 4.69) is 5.92 Å². The van der Waals surface area contributed by atoms with Gasteiger partial charge in [0.15, 0.2) is 0 Å². The molecule has 0 heterocycles. The van der Waals surface area contributed by atoms with Gasteiger partial charge in [-0.2, -0.15) is 0 Å². The molecule has 0 aromatic carbocycles. The number of methoxy groups -OCH3 is 1. The third-order valence-electron chi connectivity index (χ3n) is 0.943. The lowest BCUT2D eigenvalue weighted by atomic mass is 10.4. The molecule has 0 radical (unpaired) electrons. The highest BCUT2D eigenvalue weighted by Crippen LogP contribution is 1.79. The van der Waals surface area contributed by atoms with Crippen molar-refractivity contribution < 1.29 is 9.47 Å². The molecule has 0 amide bonds. The van der Waals surface area contributed by atoms with Crippen molar-refractivity contribution in [1.82, 2.24) is 0 Å². The van der Waals surface area contributed by atoms with Gasteiger partial charge in [-0.05, 0) is 0 Å². The molecule has 1 atom stereocenters.